The lowest BCUT2D eigenvalue weighted by Crippen LogP contribution is -2.38. The lowest BCUT2D eigenvalue weighted by atomic mass is 10.2. The summed E-state index contributed by atoms with van der Waals surface area (Å²) in [5.74, 6) is 1.49. The minimum Gasteiger partial charge on any atom is -0.494 e. The van der Waals surface area contributed by atoms with Crippen LogP contribution in [-0.2, 0) is 4.74 Å². The number of benzene rings is 1. The lowest BCUT2D eigenvalue weighted by molar-refractivity contribution is -0.0797. The fourth-order valence-electron chi connectivity index (χ4n) is 1.39. The fraction of sp³-hybridized carbons (Fsp3) is 0.455. The van der Waals surface area contributed by atoms with Crippen LogP contribution in [0.5, 0.6) is 11.5 Å². The van der Waals surface area contributed by atoms with Crippen LogP contribution in [0.2, 0.25) is 0 Å². The number of nitrogen functional groups attached to an aromatic ring is 1. The van der Waals surface area contributed by atoms with Crippen molar-refractivity contribution in [2.45, 2.75) is 13.0 Å². The molecule has 1 aliphatic rings. The molecule has 2 rings (SSSR count). The van der Waals surface area contributed by atoms with E-state index in [1.54, 1.807) is 12.1 Å². The maximum Gasteiger partial charge on any atom is 0.145 e. The van der Waals surface area contributed by atoms with Crippen molar-refractivity contribution in [3.63, 3.8) is 0 Å². The third-order valence-corrected chi connectivity index (χ3v) is 2.12. The molecule has 0 aliphatic carbocycles. The van der Waals surface area contributed by atoms with E-state index in [0.717, 1.165) is 11.5 Å². The van der Waals surface area contributed by atoms with Gasteiger partial charge in [0.05, 0.1) is 19.8 Å². The summed E-state index contributed by atoms with van der Waals surface area (Å²) in [4.78, 5) is 0. The highest BCUT2D eigenvalue weighted by Crippen LogP contribution is 2.26. The Bertz CT molecular complexity index is 337. The van der Waals surface area contributed by atoms with E-state index < -0.39 is 0 Å². The number of rotatable bonds is 4. The van der Waals surface area contributed by atoms with Crippen molar-refractivity contribution in [1.82, 2.24) is 0 Å². The Morgan fingerprint density at radius 3 is 2.67 bits per heavy atom. The smallest absolute Gasteiger partial charge is 0.145 e. The fourth-order valence-corrected chi connectivity index (χ4v) is 1.39. The monoisotopic (exact) mass is 209 g/mol. The molecule has 15 heavy (non-hydrogen) atoms. The van der Waals surface area contributed by atoms with Gasteiger partial charge in [-0.05, 0) is 6.92 Å². The Hall–Kier alpha value is -1.42. The molecule has 0 atom stereocenters. The molecule has 1 heterocycles. The summed E-state index contributed by atoms with van der Waals surface area (Å²) in [5.41, 5.74) is 6.38. The van der Waals surface area contributed by atoms with E-state index >= 15 is 0 Å². The largest absolute Gasteiger partial charge is 0.494 e. The zero-order chi connectivity index (χ0) is 10.7. The maximum absolute atomic E-state index is 5.73. The highest BCUT2D eigenvalue weighted by atomic mass is 16.6. The van der Waals surface area contributed by atoms with E-state index in [9.17, 15) is 0 Å². The molecule has 0 bridgehead atoms. The van der Waals surface area contributed by atoms with Crippen molar-refractivity contribution in [2.24, 2.45) is 0 Å². The highest BCUT2D eigenvalue weighted by molar-refractivity contribution is 5.50. The Labute approximate surface area is 88.9 Å². The number of ether oxygens (including phenoxy) is 3. The first-order valence-corrected chi connectivity index (χ1v) is 5.05. The van der Waals surface area contributed by atoms with Crippen molar-refractivity contribution < 1.29 is 14.2 Å². The number of anilines is 1. The van der Waals surface area contributed by atoms with Gasteiger partial charge in [-0.2, -0.15) is 0 Å². The zero-order valence-electron chi connectivity index (χ0n) is 8.73. The molecule has 0 radical (unpaired) electrons. The molecule has 0 unspecified atom stereocenters. The minimum atomic E-state index is 0.154. The Balaban J connectivity index is 2.07. The maximum atomic E-state index is 5.73. The first kappa shape index (κ1) is 10.1. The number of hydrogen-bond acceptors (Lipinski definition) is 4. The molecule has 2 N–H and O–H groups in total. The van der Waals surface area contributed by atoms with Crippen LogP contribution >= 0.6 is 0 Å². The molecule has 4 heteroatoms. The topological polar surface area (TPSA) is 53.7 Å². The van der Waals surface area contributed by atoms with E-state index in [1.807, 2.05) is 13.0 Å². The highest BCUT2D eigenvalue weighted by Gasteiger charge is 2.20. The molecule has 1 fully saturated rings. The van der Waals surface area contributed by atoms with Gasteiger partial charge in [0.1, 0.15) is 17.6 Å². The van der Waals surface area contributed by atoms with Crippen molar-refractivity contribution in [1.29, 1.82) is 0 Å². The normalized spacial score (nSPS) is 15.8. The second-order valence-electron chi connectivity index (χ2n) is 3.45. The van der Waals surface area contributed by atoms with Gasteiger partial charge in [-0.25, -0.2) is 0 Å². The second-order valence-corrected chi connectivity index (χ2v) is 3.45. The van der Waals surface area contributed by atoms with E-state index in [4.69, 9.17) is 19.9 Å². The van der Waals surface area contributed by atoms with Gasteiger partial charge in [0.25, 0.3) is 0 Å². The second kappa shape index (κ2) is 4.40. The van der Waals surface area contributed by atoms with E-state index in [0.29, 0.717) is 25.5 Å². The van der Waals surface area contributed by atoms with Crippen LogP contribution in [-0.4, -0.2) is 25.9 Å². The molecule has 0 saturated carbocycles. The van der Waals surface area contributed by atoms with Crippen LogP contribution in [0, 0.1) is 0 Å². The summed E-state index contributed by atoms with van der Waals surface area (Å²) in [7, 11) is 0. The molecular formula is C11H15NO3. The molecule has 1 aromatic rings. The van der Waals surface area contributed by atoms with Gasteiger partial charge in [-0.1, -0.05) is 0 Å². The first-order chi connectivity index (χ1) is 7.28. The summed E-state index contributed by atoms with van der Waals surface area (Å²) in [6.45, 7) is 3.86. The molecule has 0 amide bonds. The zero-order valence-corrected chi connectivity index (χ0v) is 8.73. The molecular weight excluding hydrogens is 194 g/mol. The number of nitrogens with two attached hydrogens (primary N) is 1. The van der Waals surface area contributed by atoms with Crippen LogP contribution in [0.3, 0.4) is 0 Å². The average Bonchev–Trinajstić information content (AvgIpc) is 2.11. The molecule has 4 nitrogen and oxygen atoms in total. The van der Waals surface area contributed by atoms with Gasteiger partial charge in [0, 0.05) is 23.9 Å². The van der Waals surface area contributed by atoms with Crippen molar-refractivity contribution >= 4 is 5.69 Å². The SMILES string of the molecule is CCOc1cc(N)cc(OC2COC2)c1. The molecule has 0 aromatic heterocycles. The minimum absolute atomic E-state index is 0.154. The Kier molecular flexibility index (Phi) is 2.97. The van der Waals surface area contributed by atoms with Gasteiger partial charge in [0.2, 0.25) is 0 Å². The lowest BCUT2D eigenvalue weighted by Gasteiger charge is -2.26. The predicted octanol–water partition coefficient (Wildman–Crippen LogP) is 1.45. The molecule has 1 saturated heterocycles. The van der Waals surface area contributed by atoms with Gasteiger partial charge in [-0.15, -0.1) is 0 Å². The third-order valence-electron chi connectivity index (χ3n) is 2.12. The van der Waals surface area contributed by atoms with Crippen LogP contribution in [0.25, 0.3) is 0 Å². The van der Waals surface area contributed by atoms with Crippen LogP contribution < -0.4 is 15.2 Å². The summed E-state index contributed by atoms with van der Waals surface area (Å²) in [6, 6.07) is 5.42. The van der Waals surface area contributed by atoms with Crippen molar-refractivity contribution in [3.8, 4) is 11.5 Å². The molecule has 82 valence electrons. The summed E-state index contributed by atoms with van der Waals surface area (Å²) in [5, 5.41) is 0. The van der Waals surface area contributed by atoms with Gasteiger partial charge < -0.3 is 19.9 Å². The summed E-state index contributed by atoms with van der Waals surface area (Å²) >= 11 is 0. The van der Waals surface area contributed by atoms with Crippen LogP contribution in [0.4, 0.5) is 5.69 Å². The van der Waals surface area contributed by atoms with Crippen LogP contribution in [0.15, 0.2) is 18.2 Å². The quantitative estimate of drug-likeness (QED) is 0.762. The first-order valence-electron chi connectivity index (χ1n) is 5.05. The van der Waals surface area contributed by atoms with Crippen LogP contribution in [0.1, 0.15) is 6.92 Å². The summed E-state index contributed by atoms with van der Waals surface area (Å²) < 4.78 is 16.0. The molecule has 0 spiro atoms. The summed E-state index contributed by atoms with van der Waals surface area (Å²) in [6.07, 6.45) is 0.154. The molecule has 1 aromatic carbocycles. The standard InChI is InChI=1S/C11H15NO3/c1-2-14-9-3-8(12)4-10(5-9)15-11-6-13-7-11/h3-5,11H,2,6-7,12H2,1H3. The van der Waals surface area contributed by atoms with E-state index in [1.165, 1.54) is 0 Å². The van der Waals surface area contributed by atoms with E-state index in [2.05, 4.69) is 0 Å². The van der Waals surface area contributed by atoms with Crippen molar-refractivity contribution in [3.05, 3.63) is 18.2 Å². The third kappa shape index (κ3) is 2.53. The Morgan fingerprint density at radius 2 is 2.07 bits per heavy atom. The van der Waals surface area contributed by atoms with Crippen molar-refractivity contribution in [2.75, 3.05) is 25.6 Å². The number of hydrogen-bond donors (Lipinski definition) is 1. The van der Waals surface area contributed by atoms with E-state index in [-0.39, 0.29) is 6.10 Å². The predicted molar refractivity (Wildman–Crippen MR) is 57.3 cm³/mol. The average molecular weight is 209 g/mol. The van der Waals surface area contributed by atoms with Gasteiger partial charge in [-0.3, -0.25) is 0 Å². The Morgan fingerprint density at radius 1 is 1.33 bits per heavy atom. The molecule has 1 aliphatic heterocycles. The van der Waals surface area contributed by atoms with Gasteiger partial charge in [0.15, 0.2) is 0 Å². The van der Waals surface area contributed by atoms with Gasteiger partial charge >= 0.3 is 0 Å².